The Bertz CT molecular complexity index is 584. The summed E-state index contributed by atoms with van der Waals surface area (Å²) in [5, 5.41) is 5.54. The molecule has 1 atom stereocenters. The van der Waals surface area contributed by atoms with Crippen molar-refractivity contribution in [1.29, 1.82) is 0 Å². The topological polar surface area (TPSA) is 70.7 Å². The molecule has 6 heteroatoms. The van der Waals surface area contributed by atoms with Gasteiger partial charge in [-0.15, -0.1) is 0 Å². The molecule has 1 unspecified atom stereocenters. The van der Waals surface area contributed by atoms with E-state index in [1.165, 1.54) is 19.8 Å². The molecular weight excluding hydrogens is 282 g/mol. The fourth-order valence-corrected chi connectivity index (χ4v) is 2.82. The van der Waals surface area contributed by atoms with Gasteiger partial charge in [0.15, 0.2) is 0 Å². The first-order chi connectivity index (χ1) is 10.6. The van der Waals surface area contributed by atoms with Crippen LogP contribution in [0.15, 0.2) is 24.3 Å². The Hall–Kier alpha value is -2.08. The standard InChI is InChI=1S/C16H21N3O3/c1-16(14(20)17-8-11-19-9-4-5-10-19)15(21)18-12-6-2-3-7-13(12)22-16/h2-3,6-7H,4-5,8-11H2,1H3,(H,17,20)(H,18,21). The van der Waals surface area contributed by atoms with Crippen molar-refractivity contribution in [2.24, 2.45) is 0 Å². The summed E-state index contributed by atoms with van der Waals surface area (Å²) in [6, 6.07) is 7.10. The summed E-state index contributed by atoms with van der Waals surface area (Å²) in [6.45, 7) is 4.99. The fourth-order valence-electron chi connectivity index (χ4n) is 2.82. The van der Waals surface area contributed by atoms with Crippen molar-refractivity contribution >= 4 is 17.5 Å². The van der Waals surface area contributed by atoms with E-state index >= 15 is 0 Å². The molecule has 0 saturated carbocycles. The van der Waals surface area contributed by atoms with Crippen LogP contribution < -0.4 is 15.4 Å². The van der Waals surface area contributed by atoms with Crippen LogP contribution >= 0.6 is 0 Å². The highest BCUT2D eigenvalue weighted by Gasteiger charge is 2.47. The maximum absolute atomic E-state index is 12.4. The minimum atomic E-state index is -1.53. The average molecular weight is 303 g/mol. The molecule has 2 aliphatic heterocycles. The lowest BCUT2D eigenvalue weighted by Gasteiger charge is -2.33. The highest BCUT2D eigenvalue weighted by molar-refractivity contribution is 6.15. The summed E-state index contributed by atoms with van der Waals surface area (Å²) in [4.78, 5) is 26.9. The van der Waals surface area contributed by atoms with Gasteiger partial charge in [0.1, 0.15) is 5.75 Å². The molecule has 6 nitrogen and oxygen atoms in total. The number of hydrogen-bond donors (Lipinski definition) is 2. The third-order valence-corrected chi connectivity index (χ3v) is 4.23. The van der Waals surface area contributed by atoms with Crippen LogP contribution in [0.1, 0.15) is 19.8 Å². The van der Waals surface area contributed by atoms with Gasteiger partial charge in [-0.2, -0.15) is 0 Å². The van der Waals surface area contributed by atoms with Crippen LogP contribution in [-0.4, -0.2) is 48.5 Å². The quantitative estimate of drug-likeness (QED) is 0.814. The number of amides is 2. The SMILES string of the molecule is CC1(C(=O)NCCN2CCCC2)Oc2ccccc2NC1=O. The average Bonchev–Trinajstić information content (AvgIpc) is 3.01. The second kappa shape index (κ2) is 5.96. The second-order valence-corrected chi connectivity index (χ2v) is 5.89. The third-order valence-electron chi connectivity index (χ3n) is 4.23. The summed E-state index contributed by atoms with van der Waals surface area (Å²) >= 11 is 0. The van der Waals surface area contributed by atoms with E-state index in [9.17, 15) is 9.59 Å². The number of para-hydroxylation sites is 2. The zero-order chi connectivity index (χ0) is 15.6. The number of carbonyl (C=O) groups excluding carboxylic acids is 2. The highest BCUT2D eigenvalue weighted by atomic mass is 16.5. The lowest BCUT2D eigenvalue weighted by atomic mass is 10.0. The van der Waals surface area contributed by atoms with Crippen LogP contribution in [0.5, 0.6) is 5.75 Å². The molecule has 118 valence electrons. The Kier molecular flexibility index (Phi) is 4.02. The van der Waals surface area contributed by atoms with E-state index < -0.39 is 17.4 Å². The Balaban J connectivity index is 1.62. The first kappa shape index (κ1) is 14.8. The van der Waals surface area contributed by atoms with Crippen molar-refractivity contribution in [2.45, 2.75) is 25.4 Å². The van der Waals surface area contributed by atoms with Gasteiger partial charge in [-0.3, -0.25) is 9.59 Å². The number of fused-ring (bicyclic) bond motifs is 1. The van der Waals surface area contributed by atoms with E-state index in [2.05, 4.69) is 15.5 Å². The summed E-state index contributed by atoms with van der Waals surface area (Å²) < 4.78 is 5.68. The van der Waals surface area contributed by atoms with Crippen LogP contribution in [0.25, 0.3) is 0 Å². The third kappa shape index (κ3) is 2.78. The number of nitrogens with one attached hydrogen (secondary N) is 2. The Morgan fingerprint density at radius 1 is 1.36 bits per heavy atom. The molecule has 2 amide bonds. The van der Waals surface area contributed by atoms with Crippen molar-refractivity contribution in [1.82, 2.24) is 10.2 Å². The van der Waals surface area contributed by atoms with E-state index in [0.29, 0.717) is 18.0 Å². The second-order valence-electron chi connectivity index (χ2n) is 5.89. The number of benzene rings is 1. The zero-order valence-electron chi connectivity index (χ0n) is 12.7. The predicted molar refractivity (Wildman–Crippen MR) is 82.8 cm³/mol. The molecule has 0 spiro atoms. The molecule has 2 heterocycles. The van der Waals surface area contributed by atoms with Gasteiger partial charge >= 0.3 is 0 Å². The van der Waals surface area contributed by atoms with E-state index in [1.54, 1.807) is 18.2 Å². The van der Waals surface area contributed by atoms with Gasteiger partial charge in [-0.1, -0.05) is 12.1 Å². The minimum absolute atomic E-state index is 0.404. The molecule has 1 aromatic carbocycles. The number of nitrogens with zero attached hydrogens (tertiary/aromatic N) is 1. The molecule has 3 rings (SSSR count). The number of carbonyl (C=O) groups is 2. The van der Waals surface area contributed by atoms with Gasteiger partial charge in [0.2, 0.25) is 0 Å². The number of ether oxygens (including phenoxy) is 1. The van der Waals surface area contributed by atoms with Crippen molar-refractivity contribution < 1.29 is 14.3 Å². The summed E-state index contributed by atoms with van der Waals surface area (Å²) in [5.41, 5.74) is -0.936. The molecule has 1 saturated heterocycles. The number of likely N-dealkylation sites (tertiary alicyclic amines) is 1. The van der Waals surface area contributed by atoms with Gasteiger partial charge in [0.05, 0.1) is 5.69 Å². The van der Waals surface area contributed by atoms with Crippen molar-refractivity contribution in [2.75, 3.05) is 31.5 Å². The monoisotopic (exact) mass is 303 g/mol. The first-order valence-corrected chi connectivity index (χ1v) is 7.70. The molecule has 0 aromatic heterocycles. The predicted octanol–water partition coefficient (Wildman–Crippen LogP) is 0.988. The van der Waals surface area contributed by atoms with Crippen LogP contribution in [0.4, 0.5) is 5.69 Å². The van der Waals surface area contributed by atoms with E-state index in [4.69, 9.17) is 4.74 Å². The van der Waals surface area contributed by atoms with Gasteiger partial charge < -0.3 is 20.3 Å². The fraction of sp³-hybridized carbons (Fsp3) is 0.500. The minimum Gasteiger partial charge on any atom is -0.466 e. The smallest absolute Gasteiger partial charge is 0.278 e. The number of anilines is 1. The van der Waals surface area contributed by atoms with Crippen LogP contribution in [0.3, 0.4) is 0 Å². The van der Waals surface area contributed by atoms with E-state index in [-0.39, 0.29) is 0 Å². The molecule has 1 aromatic rings. The van der Waals surface area contributed by atoms with Crippen molar-refractivity contribution in [3.63, 3.8) is 0 Å². The van der Waals surface area contributed by atoms with Crippen LogP contribution in [0.2, 0.25) is 0 Å². The molecule has 0 bridgehead atoms. The molecule has 0 radical (unpaired) electrons. The van der Waals surface area contributed by atoms with Gasteiger partial charge in [0, 0.05) is 13.1 Å². The summed E-state index contributed by atoms with van der Waals surface area (Å²) in [7, 11) is 0. The zero-order valence-corrected chi connectivity index (χ0v) is 12.7. The molecule has 0 aliphatic carbocycles. The number of hydrogen-bond acceptors (Lipinski definition) is 4. The maximum atomic E-state index is 12.4. The van der Waals surface area contributed by atoms with Crippen molar-refractivity contribution in [3.8, 4) is 5.75 Å². The number of rotatable bonds is 4. The maximum Gasteiger partial charge on any atom is 0.278 e. The van der Waals surface area contributed by atoms with E-state index in [1.807, 2.05) is 6.07 Å². The Morgan fingerprint density at radius 2 is 2.09 bits per heavy atom. The van der Waals surface area contributed by atoms with Gasteiger partial charge in [-0.05, 0) is 45.0 Å². The highest BCUT2D eigenvalue weighted by Crippen LogP contribution is 2.33. The lowest BCUT2D eigenvalue weighted by Crippen LogP contribution is -2.59. The van der Waals surface area contributed by atoms with Crippen LogP contribution in [0, 0.1) is 0 Å². The van der Waals surface area contributed by atoms with Crippen molar-refractivity contribution in [3.05, 3.63) is 24.3 Å². The van der Waals surface area contributed by atoms with Gasteiger partial charge in [-0.25, -0.2) is 0 Å². The summed E-state index contributed by atoms with van der Waals surface area (Å²) in [5.74, 6) is -0.331. The molecule has 22 heavy (non-hydrogen) atoms. The first-order valence-electron chi connectivity index (χ1n) is 7.70. The van der Waals surface area contributed by atoms with Gasteiger partial charge in [0.25, 0.3) is 17.4 Å². The normalized spacial score (nSPS) is 24.3. The largest absolute Gasteiger partial charge is 0.466 e. The molecule has 2 N–H and O–H groups in total. The van der Waals surface area contributed by atoms with Crippen LogP contribution in [-0.2, 0) is 9.59 Å². The summed E-state index contributed by atoms with van der Waals surface area (Å²) in [6.07, 6.45) is 2.43. The Morgan fingerprint density at radius 3 is 2.86 bits per heavy atom. The molecular formula is C16H21N3O3. The molecule has 1 fully saturated rings. The van der Waals surface area contributed by atoms with E-state index in [0.717, 1.165) is 19.6 Å². The lowest BCUT2D eigenvalue weighted by molar-refractivity contribution is -0.146. The molecule has 2 aliphatic rings. The Labute approximate surface area is 129 Å².